The van der Waals surface area contributed by atoms with Crippen LogP contribution in [0.15, 0.2) is 48.5 Å². The van der Waals surface area contributed by atoms with Crippen LogP contribution in [0.5, 0.6) is 0 Å². The van der Waals surface area contributed by atoms with E-state index >= 15 is 0 Å². The summed E-state index contributed by atoms with van der Waals surface area (Å²) in [5, 5.41) is 2.71. The SMILES string of the molecule is CCCCCCNC(=O)COC(=O)c1ccc2c(c1)C(=O)N(Cc1ccccc1)C2=O. The second kappa shape index (κ2) is 10.5. The number of nitrogens with one attached hydrogen (secondary N) is 1. The van der Waals surface area contributed by atoms with Crippen LogP contribution >= 0.6 is 0 Å². The fourth-order valence-corrected chi connectivity index (χ4v) is 3.37. The Kier molecular flexibility index (Phi) is 7.54. The van der Waals surface area contributed by atoms with E-state index in [0.717, 1.165) is 36.1 Å². The van der Waals surface area contributed by atoms with E-state index in [0.29, 0.717) is 6.54 Å². The molecule has 0 unspecified atom stereocenters. The Morgan fingerprint density at radius 2 is 1.68 bits per heavy atom. The number of hydrogen-bond acceptors (Lipinski definition) is 5. The summed E-state index contributed by atoms with van der Waals surface area (Å²) >= 11 is 0. The Bertz CT molecular complexity index is 971. The van der Waals surface area contributed by atoms with E-state index in [1.807, 2.05) is 30.3 Å². The number of imide groups is 1. The molecule has 0 atom stereocenters. The van der Waals surface area contributed by atoms with Crippen LogP contribution in [0.1, 0.15) is 69.2 Å². The minimum Gasteiger partial charge on any atom is -0.452 e. The minimum atomic E-state index is -0.717. The van der Waals surface area contributed by atoms with E-state index in [2.05, 4.69) is 12.2 Å². The Morgan fingerprint density at radius 3 is 2.42 bits per heavy atom. The van der Waals surface area contributed by atoms with E-state index in [1.54, 1.807) is 0 Å². The van der Waals surface area contributed by atoms with Crippen LogP contribution in [-0.2, 0) is 16.1 Å². The number of nitrogens with zero attached hydrogens (tertiary/aromatic N) is 1. The van der Waals surface area contributed by atoms with Gasteiger partial charge in [-0.05, 0) is 30.2 Å². The normalized spacial score (nSPS) is 12.6. The lowest BCUT2D eigenvalue weighted by Crippen LogP contribution is -2.29. The number of hydrogen-bond donors (Lipinski definition) is 1. The first-order valence-electron chi connectivity index (χ1n) is 10.5. The molecule has 3 amide bonds. The molecule has 0 fully saturated rings. The van der Waals surface area contributed by atoms with E-state index in [1.165, 1.54) is 18.2 Å². The minimum absolute atomic E-state index is 0.122. The number of benzene rings is 2. The second-order valence-electron chi connectivity index (χ2n) is 7.43. The van der Waals surface area contributed by atoms with Gasteiger partial charge >= 0.3 is 5.97 Å². The number of carbonyl (C=O) groups is 4. The summed E-state index contributed by atoms with van der Waals surface area (Å²) < 4.78 is 5.05. The predicted molar refractivity (Wildman–Crippen MR) is 115 cm³/mol. The van der Waals surface area contributed by atoms with Gasteiger partial charge in [-0.2, -0.15) is 0 Å². The summed E-state index contributed by atoms with van der Waals surface area (Å²) in [5.41, 5.74) is 1.37. The first-order valence-corrected chi connectivity index (χ1v) is 10.5. The van der Waals surface area contributed by atoms with Crippen molar-refractivity contribution in [3.8, 4) is 0 Å². The molecular weight excluding hydrogens is 396 g/mol. The topological polar surface area (TPSA) is 92.8 Å². The van der Waals surface area contributed by atoms with Crippen LogP contribution in [0, 0.1) is 0 Å². The summed E-state index contributed by atoms with van der Waals surface area (Å²) in [4.78, 5) is 50.6. The number of esters is 1. The zero-order chi connectivity index (χ0) is 22.2. The van der Waals surface area contributed by atoms with Gasteiger partial charge in [0, 0.05) is 6.54 Å². The number of fused-ring (bicyclic) bond motifs is 1. The Morgan fingerprint density at radius 1 is 0.935 bits per heavy atom. The largest absolute Gasteiger partial charge is 0.452 e. The summed E-state index contributed by atoms with van der Waals surface area (Å²) in [6.45, 7) is 2.42. The molecule has 0 spiro atoms. The molecule has 0 radical (unpaired) electrons. The van der Waals surface area contributed by atoms with Crippen molar-refractivity contribution < 1.29 is 23.9 Å². The van der Waals surface area contributed by atoms with Crippen LogP contribution in [-0.4, -0.2) is 41.7 Å². The zero-order valence-corrected chi connectivity index (χ0v) is 17.6. The molecule has 0 aromatic heterocycles. The highest BCUT2D eigenvalue weighted by Gasteiger charge is 2.36. The lowest BCUT2D eigenvalue weighted by molar-refractivity contribution is -0.124. The molecular formula is C24H26N2O5. The lowest BCUT2D eigenvalue weighted by atomic mass is 10.1. The second-order valence-corrected chi connectivity index (χ2v) is 7.43. The fourth-order valence-electron chi connectivity index (χ4n) is 3.37. The van der Waals surface area contributed by atoms with Crippen LogP contribution in [0.25, 0.3) is 0 Å². The molecule has 3 rings (SSSR count). The number of rotatable bonds is 10. The van der Waals surface area contributed by atoms with E-state index < -0.39 is 24.4 Å². The van der Waals surface area contributed by atoms with Crippen LogP contribution in [0.4, 0.5) is 0 Å². The average molecular weight is 422 g/mol. The van der Waals surface area contributed by atoms with Crippen molar-refractivity contribution in [3.63, 3.8) is 0 Å². The van der Waals surface area contributed by atoms with Gasteiger partial charge in [0.15, 0.2) is 6.61 Å². The summed E-state index contributed by atoms with van der Waals surface area (Å²) in [6.07, 6.45) is 4.16. The van der Waals surface area contributed by atoms with Gasteiger partial charge in [-0.15, -0.1) is 0 Å². The van der Waals surface area contributed by atoms with Crippen molar-refractivity contribution in [2.45, 2.75) is 39.2 Å². The molecule has 1 N–H and O–H groups in total. The third-order valence-corrected chi connectivity index (χ3v) is 5.08. The number of amides is 3. The monoisotopic (exact) mass is 422 g/mol. The summed E-state index contributed by atoms with van der Waals surface area (Å²) in [5.74, 6) is -1.94. The van der Waals surface area contributed by atoms with Gasteiger partial charge in [-0.1, -0.05) is 56.5 Å². The van der Waals surface area contributed by atoms with E-state index in [9.17, 15) is 19.2 Å². The average Bonchev–Trinajstić information content (AvgIpc) is 3.02. The predicted octanol–water partition coefficient (Wildman–Crippen LogP) is 3.34. The number of unbranched alkanes of at least 4 members (excludes halogenated alkanes) is 3. The lowest BCUT2D eigenvalue weighted by Gasteiger charge is -2.13. The molecule has 31 heavy (non-hydrogen) atoms. The highest BCUT2D eigenvalue weighted by atomic mass is 16.5. The standard InChI is InChI=1S/C24H26N2O5/c1-2-3-4-8-13-25-21(27)16-31-24(30)18-11-12-19-20(14-18)23(29)26(22(19)28)15-17-9-6-5-7-10-17/h5-7,9-12,14H,2-4,8,13,15-16H2,1H3,(H,25,27). The van der Waals surface area contributed by atoms with Gasteiger partial charge in [-0.3, -0.25) is 19.3 Å². The summed E-state index contributed by atoms with van der Waals surface area (Å²) in [6, 6.07) is 13.4. The summed E-state index contributed by atoms with van der Waals surface area (Å²) in [7, 11) is 0. The molecule has 0 saturated heterocycles. The smallest absolute Gasteiger partial charge is 0.338 e. The Hall–Kier alpha value is -3.48. The van der Waals surface area contributed by atoms with Crippen molar-refractivity contribution >= 4 is 23.7 Å². The molecule has 7 heteroatoms. The van der Waals surface area contributed by atoms with Gasteiger partial charge < -0.3 is 10.1 Å². The molecule has 0 saturated carbocycles. The highest BCUT2D eigenvalue weighted by molar-refractivity contribution is 6.21. The van der Waals surface area contributed by atoms with Gasteiger partial charge in [-0.25, -0.2) is 4.79 Å². The molecule has 1 aliphatic heterocycles. The molecule has 2 aromatic carbocycles. The van der Waals surface area contributed by atoms with Crippen molar-refractivity contribution in [2.24, 2.45) is 0 Å². The van der Waals surface area contributed by atoms with Gasteiger partial charge in [0.2, 0.25) is 0 Å². The Labute approximate surface area is 181 Å². The van der Waals surface area contributed by atoms with Crippen LogP contribution < -0.4 is 5.32 Å². The Balaban J connectivity index is 1.57. The number of ether oxygens (including phenoxy) is 1. The molecule has 0 bridgehead atoms. The molecule has 0 aliphatic carbocycles. The molecule has 1 aliphatic rings. The molecule has 162 valence electrons. The highest BCUT2D eigenvalue weighted by Crippen LogP contribution is 2.26. The first kappa shape index (κ1) is 22.2. The van der Waals surface area contributed by atoms with E-state index in [4.69, 9.17) is 4.74 Å². The third kappa shape index (κ3) is 5.57. The maximum Gasteiger partial charge on any atom is 0.338 e. The fraction of sp³-hybridized carbons (Fsp3) is 0.333. The first-order chi connectivity index (χ1) is 15.0. The van der Waals surface area contributed by atoms with Crippen molar-refractivity contribution in [3.05, 3.63) is 70.8 Å². The maximum absolute atomic E-state index is 12.7. The van der Waals surface area contributed by atoms with Crippen molar-refractivity contribution in [1.82, 2.24) is 10.2 Å². The molecule has 7 nitrogen and oxygen atoms in total. The number of carbonyl (C=O) groups excluding carboxylic acids is 4. The quantitative estimate of drug-likeness (QED) is 0.360. The van der Waals surface area contributed by atoms with Gasteiger partial charge in [0.05, 0.1) is 23.2 Å². The third-order valence-electron chi connectivity index (χ3n) is 5.08. The van der Waals surface area contributed by atoms with Crippen LogP contribution in [0.2, 0.25) is 0 Å². The molecule has 2 aromatic rings. The zero-order valence-electron chi connectivity index (χ0n) is 17.6. The van der Waals surface area contributed by atoms with E-state index in [-0.39, 0.29) is 29.1 Å². The van der Waals surface area contributed by atoms with Crippen LogP contribution in [0.3, 0.4) is 0 Å². The van der Waals surface area contributed by atoms with Crippen molar-refractivity contribution in [2.75, 3.05) is 13.2 Å². The molecule has 1 heterocycles. The van der Waals surface area contributed by atoms with Crippen molar-refractivity contribution in [1.29, 1.82) is 0 Å². The van der Waals surface area contributed by atoms with Gasteiger partial charge in [0.25, 0.3) is 17.7 Å². The maximum atomic E-state index is 12.7. The van der Waals surface area contributed by atoms with Gasteiger partial charge in [0.1, 0.15) is 0 Å².